The van der Waals surface area contributed by atoms with Crippen LogP contribution in [-0.4, -0.2) is 14.9 Å². The van der Waals surface area contributed by atoms with Gasteiger partial charge in [-0.3, -0.25) is 0 Å². The number of carbonyl (C=O) groups is 1. The number of carbonyl (C=O) groups excluding carboxylic acids is 1. The van der Waals surface area contributed by atoms with Crippen molar-refractivity contribution in [3.8, 4) is 0 Å². The van der Waals surface area contributed by atoms with Crippen LogP contribution in [0.15, 0.2) is 24.3 Å². The molecule has 0 aromatic heterocycles. The Morgan fingerprint density at radius 1 is 1.06 bits per heavy atom. The Hall–Kier alpha value is -1.09. The van der Waals surface area contributed by atoms with Crippen LogP contribution in [0.5, 0.6) is 0 Å². The third-order valence-corrected chi connectivity index (χ3v) is 6.54. The molecule has 1 aromatic carbocycles. The molecule has 0 spiro atoms. The highest BCUT2D eigenvalue weighted by atomic mass is 28.2. The maximum atomic E-state index is 12.2. The van der Waals surface area contributed by atoms with Gasteiger partial charge in [0.05, 0.1) is 0 Å². The minimum absolute atomic E-state index is 0.117. The lowest BCUT2D eigenvalue weighted by Crippen LogP contribution is -2.33. The van der Waals surface area contributed by atoms with Gasteiger partial charge >= 0.3 is 0 Å². The molecule has 94 valence electrons. The van der Waals surface area contributed by atoms with E-state index in [-0.39, 0.29) is 10.5 Å². The van der Waals surface area contributed by atoms with Crippen LogP contribution in [0.25, 0.3) is 0 Å². The second-order valence-electron chi connectivity index (χ2n) is 6.36. The third-order valence-electron chi connectivity index (χ3n) is 3.87. The van der Waals surface area contributed by atoms with Gasteiger partial charge in [-0.2, -0.15) is 0 Å². The number of nitrogens with two attached hydrogens (primary N) is 1. The fourth-order valence-electron chi connectivity index (χ4n) is 1.44. The summed E-state index contributed by atoms with van der Waals surface area (Å²) in [6.07, 6.45) is 0. The molecule has 0 bridgehead atoms. The molecule has 0 heterocycles. The molecule has 1 aromatic rings. The average molecular weight is 249 g/mol. The number of rotatable bonds is 3. The quantitative estimate of drug-likeness (QED) is 0.661. The summed E-state index contributed by atoms with van der Waals surface area (Å²) in [6.45, 7) is 11.0. The normalized spacial score (nSPS) is 13.2. The second-order valence-corrected chi connectivity index (χ2v) is 9.12. The van der Waals surface area contributed by atoms with E-state index in [0.717, 1.165) is 5.56 Å². The smallest absolute Gasteiger partial charge is 0.133 e. The zero-order valence-electron chi connectivity index (χ0n) is 11.5. The van der Waals surface area contributed by atoms with Crippen molar-refractivity contribution in [3.63, 3.8) is 0 Å². The van der Waals surface area contributed by atoms with E-state index in [9.17, 15) is 4.79 Å². The van der Waals surface area contributed by atoms with Crippen molar-refractivity contribution in [1.29, 1.82) is 0 Å². The van der Waals surface area contributed by atoms with E-state index in [1.54, 1.807) is 12.1 Å². The van der Waals surface area contributed by atoms with Crippen molar-refractivity contribution in [2.75, 3.05) is 5.73 Å². The zero-order valence-corrected chi connectivity index (χ0v) is 12.9. The van der Waals surface area contributed by atoms with E-state index >= 15 is 0 Å². The van der Waals surface area contributed by atoms with Crippen molar-refractivity contribution in [1.82, 2.24) is 0 Å². The van der Waals surface area contributed by atoms with Crippen molar-refractivity contribution in [2.45, 2.75) is 39.7 Å². The van der Waals surface area contributed by atoms with Gasteiger partial charge in [0, 0.05) is 11.3 Å². The van der Waals surface area contributed by atoms with E-state index in [1.807, 2.05) is 12.1 Å². The molecular formula is C14H23NOSi. The Kier molecular flexibility index (Phi) is 3.82. The third kappa shape index (κ3) is 3.43. The van der Waals surface area contributed by atoms with Crippen molar-refractivity contribution in [2.24, 2.45) is 5.41 Å². The standard InChI is InChI=1S/C14H23NOSi/c1-13(2,3)14(4,5)17-12(16)10-6-8-11(15)9-7-10/h6-9H,15,17H2,1-5H3. The minimum Gasteiger partial charge on any atom is -0.399 e. The first-order valence-corrected chi connectivity index (χ1v) is 7.44. The molecule has 1 rings (SSSR count). The van der Waals surface area contributed by atoms with E-state index < -0.39 is 9.52 Å². The molecule has 17 heavy (non-hydrogen) atoms. The van der Waals surface area contributed by atoms with Crippen LogP contribution in [0.2, 0.25) is 5.04 Å². The average Bonchev–Trinajstić information content (AvgIpc) is 2.16. The predicted molar refractivity (Wildman–Crippen MR) is 77.2 cm³/mol. The van der Waals surface area contributed by atoms with Crippen molar-refractivity contribution < 1.29 is 4.79 Å². The van der Waals surface area contributed by atoms with Crippen LogP contribution >= 0.6 is 0 Å². The van der Waals surface area contributed by atoms with E-state index in [2.05, 4.69) is 34.6 Å². The van der Waals surface area contributed by atoms with E-state index in [4.69, 9.17) is 5.73 Å². The molecule has 0 saturated heterocycles. The molecule has 0 radical (unpaired) electrons. The zero-order chi connectivity index (χ0) is 13.3. The van der Waals surface area contributed by atoms with Gasteiger partial charge in [-0.15, -0.1) is 0 Å². The number of benzene rings is 1. The highest BCUT2D eigenvalue weighted by molar-refractivity contribution is 6.79. The lowest BCUT2D eigenvalue weighted by Gasteiger charge is -2.38. The number of nitrogen functional groups attached to an aromatic ring is 1. The minimum atomic E-state index is -0.831. The lowest BCUT2D eigenvalue weighted by atomic mass is 9.82. The maximum absolute atomic E-state index is 12.2. The SMILES string of the molecule is CC(C)(C)C(C)(C)[SiH2]C(=O)c1ccc(N)cc1. The predicted octanol–water partition coefficient (Wildman–Crippen LogP) is 2.82. The highest BCUT2D eigenvalue weighted by Crippen LogP contribution is 2.43. The molecule has 0 aliphatic heterocycles. The lowest BCUT2D eigenvalue weighted by molar-refractivity contribution is 0.106. The van der Waals surface area contributed by atoms with Gasteiger partial charge in [-0.05, 0) is 34.7 Å². The van der Waals surface area contributed by atoms with Gasteiger partial charge in [0.15, 0.2) is 0 Å². The molecule has 2 N–H and O–H groups in total. The van der Waals surface area contributed by atoms with E-state index in [1.165, 1.54) is 0 Å². The first kappa shape index (κ1) is 14.0. The van der Waals surface area contributed by atoms with Crippen molar-refractivity contribution in [3.05, 3.63) is 29.8 Å². The van der Waals surface area contributed by atoms with Gasteiger partial charge in [0.1, 0.15) is 14.9 Å². The Labute approximate surface area is 106 Å². The molecule has 0 aliphatic carbocycles. The summed E-state index contributed by atoms with van der Waals surface area (Å²) in [6, 6.07) is 7.27. The highest BCUT2D eigenvalue weighted by Gasteiger charge is 2.35. The van der Waals surface area contributed by atoms with Crippen LogP contribution < -0.4 is 5.73 Å². The monoisotopic (exact) mass is 249 g/mol. The number of hydrogen-bond donors (Lipinski definition) is 1. The molecule has 0 amide bonds. The Morgan fingerprint density at radius 2 is 1.53 bits per heavy atom. The maximum Gasteiger partial charge on any atom is 0.133 e. The van der Waals surface area contributed by atoms with Gasteiger partial charge < -0.3 is 10.5 Å². The summed E-state index contributed by atoms with van der Waals surface area (Å²) in [5.41, 5.74) is 7.31. The summed E-state index contributed by atoms with van der Waals surface area (Å²) in [4.78, 5) is 12.2. The summed E-state index contributed by atoms with van der Waals surface area (Å²) in [7, 11) is -0.831. The number of hydrogen-bond acceptors (Lipinski definition) is 2. The molecule has 0 saturated carbocycles. The summed E-state index contributed by atoms with van der Waals surface area (Å²) in [5.74, 6) is 0. The summed E-state index contributed by atoms with van der Waals surface area (Å²) < 4.78 is 0. The molecule has 2 nitrogen and oxygen atoms in total. The topological polar surface area (TPSA) is 43.1 Å². The van der Waals surface area contributed by atoms with Gasteiger partial charge in [-0.1, -0.05) is 34.6 Å². The van der Waals surface area contributed by atoms with Crippen LogP contribution in [0.1, 0.15) is 45.0 Å². The van der Waals surface area contributed by atoms with Crippen LogP contribution in [0.3, 0.4) is 0 Å². The van der Waals surface area contributed by atoms with E-state index in [0.29, 0.717) is 11.1 Å². The fraction of sp³-hybridized carbons (Fsp3) is 0.500. The number of anilines is 1. The first-order valence-electron chi connectivity index (χ1n) is 6.02. The van der Waals surface area contributed by atoms with Gasteiger partial charge in [0.25, 0.3) is 0 Å². The molecular weight excluding hydrogens is 226 g/mol. The van der Waals surface area contributed by atoms with Gasteiger partial charge in [-0.25, -0.2) is 0 Å². The summed E-state index contributed by atoms with van der Waals surface area (Å²) in [5, 5.41) is 0.441. The first-order chi connectivity index (χ1) is 7.63. The second kappa shape index (κ2) is 4.65. The van der Waals surface area contributed by atoms with Crippen LogP contribution in [-0.2, 0) is 0 Å². The molecule has 3 heteroatoms. The Bertz CT molecular complexity index is 401. The largest absolute Gasteiger partial charge is 0.399 e. The van der Waals surface area contributed by atoms with Crippen molar-refractivity contribution >= 4 is 20.6 Å². The van der Waals surface area contributed by atoms with Crippen LogP contribution in [0.4, 0.5) is 5.69 Å². The Morgan fingerprint density at radius 3 is 1.94 bits per heavy atom. The van der Waals surface area contributed by atoms with Gasteiger partial charge in [0.2, 0.25) is 0 Å². The van der Waals surface area contributed by atoms with Crippen LogP contribution in [0, 0.1) is 5.41 Å². The fourth-order valence-corrected chi connectivity index (χ4v) is 3.21. The Balaban J connectivity index is 2.83. The molecule has 0 fully saturated rings. The molecule has 0 aliphatic rings. The molecule has 0 unspecified atom stereocenters. The molecule has 0 atom stereocenters. The summed E-state index contributed by atoms with van der Waals surface area (Å²) >= 11 is 0.